The highest BCUT2D eigenvalue weighted by atomic mass is 32.2. The molecule has 2 saturated carbocycles. The zero-order valence-electron chi connectivity index (χ0n) is 13.5. The van der Waals surface area contributed by atoms with Crippen molar-refractivity contribution in [3.8, 4) is 0 Å². The van der Waals surface area contributed by atoms with E-state index >= 15 is 0 Å². The van der Waals surface area contributed by atoms with E-state index in [0.717, 1.165) is 17.1 Å². The number of para-hydroxylation sites is 1. The minimum atomic E-state index is 0.652. The van der Waals surface area contributed by atoms with Crippen LogP contribution in [0.25, 0.3) is 0 Å². The summed E-state index contributed by atoms with van der Waals surface area (Å²) in [6.07, 6.45) is 9.74. The van der Waals surface area contributed by atoms with Gasteiger partial charge < -0.3 is 5.32 Å². The SMILES string of the molecule is CC1CCCC(Nc2ccccc2SC2CCCC2)C1C. The van der Waals surface area contributed by atoms with Gasteiger partial charge in [-0.25, -0.2) is 0 Å². The molecule has 0 radical (unpaired) electrons. The molecular weight excluding hydrogens is 274 g/mol. The van der Waals surface area contributed by atoms with E-state index in [-0.39, 0.29) is 0 Å². The standard InChI is InChI=1S/C19H29NS/c1-14-8-7-12-17(15(14)2)20-18-11-5-6-13-19(18)21-16-9-3-4-10-16/h5-6,11,13-17,20H,3-4,7-10,12H2,1-2H3. The molecule has 0 bridgehead atoms. The number of anilines is 1. The maximum Gasteiger partial charge on any atom is 0.0480 e. The first-order chi connectivity index (χ1) is 10.2. The summed E-state index contributed by atoms with van der Waals surface area (Å²) in [5.41, 5.74) is 1.38. The Morgan fingerprint density at radius 2 is 1.71 bits per heavy atom. The van der Waals surface area contributed by atoms with Crippen LogP contribution in [0, 0.1) is 11.8 Å². The zero-order chi connectivity index (χ0) is 14.7. The van der Waals surface area contributed by atoms with Gasteiger partial charge in [-0.3, -0.25) is 0 Å². The first-order valence-corrected chi connectivity index (χ1v) is 9.64. The molecule has 3 atom stereocenters. The van der Waals surface area contributed by atoms with E-state index in [2.05, 4.69) is 55.2 Å². The molecule has 2 aliphatic rings. The third kappa shape index (κ3) is 3.77. The van der Waals surface area contributed by atoms with Crippen molar-refractivity contribution in [3.63, 3.8) is 0 Å². The maximum absolute atomic E-state index is 3.88. The van der Waals surface area contributed by atoms with Crippen LogP contribution in [-0.2, 0) is 0 Å². The number of benzene rings is 1. The van der Waals surface area contributed by atoms with Crippen molar-refractivity contribution in [2.75, 3.05) is 5.32 Å². The van der Waals surface area contributed by atoms with Gasteiger partial charge in [-0.15, -0.1) is 11.8 Å². The second-order valence-electron chi connectivity index (χ2n) is 7.04. The van der Waals surface area contributed by atoms with E-state index in [4.69, 9.17) is 0 Å². The molecule has 1 nitrogen and oxygen atoms in total. The van der Waals surface area contributed by atoms with Gasteiger partial charge in [0.15, 0.2) is 0 Å². The van der Waals surface area contributed by atoms with Crippen LogP contribution < -0.4 is 5.32 Å². The number of thioether (sulfide) groups is 1. The van der Waals surface area contributed by atoms with Crippen molar-refractivity contribution < 1.29 is 0 Å². The van der Waals surface area contributed by atoms with Gasteiger partial charge >= 0.3 is 0 Å². The van der Waals surface area contributed by atoms with E-state index in [1.165, 1.54) is 55.5 Å². The van der Waals surface area contributed by atoms with Gasteiger partial charge in [0.1, 0.15) is 0 Å². The molecule has 21 heavy (non-hydrogen) atoms. The molecule has 116 valence electrons. The number of hydrogen-bond donors (Lipinski definition) is 1. The van der Waals surface area contributed by atoms with Crippen LogP contribution in [0.15, 0.2) is 29.2 Å². The second kappa shape index (κ2) is 7.09. The maximum atomic E-state index is 3.88. The number of nitrogens with one attached hydrogen (secondary N) is 1. The topological polar surface area (TPSA) is 12.0 Å². The Bertz CT molecular complexity index is 453. The Balaban J connectivity index is 1.69. The van der Waals surface area contributed by atoms with Crippen molar-refractivity contribution in [2.24, 2.45) is 11.8 Å². The summed E-state index contributed by atoms with van der Waals surface area (Å²) in [7, 11) is 0. The fourth-order valence-electron chi connectivity index (χ4n) is 3.86. The van der Waals surface area contributed by atoms with Crippen LogP contribution in [0.2, 0.25) is 0 Å². The Hall–Kier alpha value is -0.630. The molecule has 1 aromatic carbocycles. The van der Waals surface area contributed by atoms with Crippen LogP contribution in [0.5, 0.6) is 0 Å². The van der Waals surface area contributed by atoms with Crippen LogP contribution in [0.3, 0.4) is 0 Å². The van der Waals surface area contributed by atoms with Crippen molar-refractivity contribution in [1.82, 2.24) is 0 Å². The Morgan fingerprint density at radius 1 is 0.952 bits per heavy atom. The largest absolute Gasteiger partial charge is 0.381 e. The quantitative estimate of drug-likeness (QED) is 0.736. The first kappa shape index (κ1) is 15.3. The third-order valence-electron chi connectivity index (χ3n) is 5.53. The molecule has 0 heterocycles. The van der Waals surface area contributed by atoms with Gasteiger partial charge in [0, 0.05) is 21.9 Å². The summed E-state index contributed by atoms with van der Waals surface area (Å²) < 4.78 is 0. The van der Waals surface area contributed by atoms with E-state index in [1.807, 2.05) is 0 Å². The van der Waals surface area contributed by atoms with E-state index in [0.29, 0.717) is 6.04 Å². The summed E-state index contributed by atoms with van der Waals surface area (Å²) in [4.78, 5) is 1.47. The van der Waals surface area contributed by atoms with Crippen molar-refractivity contribution >= 4 is 17.4 Å². The summed E-state index contributed by atoms with van der Waals surface area (Å²) in [5.74, 6) is 1.63. The molecule has 1 N–H and O–H groups in total. The highest BCUT2D eigenvalue weighted by molar-refractivity contribution is 8.00. The minimum absolute atomic E-state index is 0.652. The monoisotopic (exact) mass is 303 g/mol. The number of rotatable bonds is 4. The zero-order valence-corrected chi connectivity index (χ0v) is 14.3. The molecule has 0 aromatic heterocycles. The van der Waals surface area contributed by atoms with E-state index < -0.39 is 0 Å². The smallest absolute Gasteiger partial charge is 0.0480 e. The third-order valence-corrected chi connectivity index (χ3v) is 6.95. The fourth-order valence-corrected chi connectivity index (χ4v) is 5.20. The van der Waals surface area contributed by atoms with Crippen molar-refractivity contribution in [2.45, 2.75) is 75.0 Å². The molecule has 3 unspecified atom stereocenters. The van der Waals surface area contributed by atoms with Gasteiger partial charge in [-0.1, -0.05) is 51.7 Å². The van der Waals surface area contributed by atoms with Gasteiger partial charge in [-0.05, 0) is 43.2 Å². The average molecular weight is 304 g/mol. The van der Waals surface area contributed by atoms with Gasteiger partial charge in [0.05, 0.1) is 0 Å². The van der Waals surface area contributed by atoms with Crippen LogP contribution >= 0.6 is 11.8 Å². The molecule has 0 amide bonds. The fraction of sp³-hybridized carbons (Fsp3) is 0.684. The summed E-state index contributed by atoms with van der Waals surface area (Å²) in [5, 5.41) is 4.73. The lowest BCUT2D eigenvalue weighted by atomic mass is 9.78. The molecule has 1 aromatic rings. The van der Waals surface area contributed by atoms with Gasteiger partial charge in [-0.2, -0.15) is 0 Å². The Labute approximate surface area is 134 Å². The lowest BCUT2D eigenvalue weighted by Gasteiger charge is -2.35. The summed E-state index contributed by atoms with van der Waals surface area (Å²) in [6.45, 7) is 4.84. The molecular formula is C19H29NS. The molecule has 2 heteroatoms. The second-order valence-corrected chi connectivity index (χ2v) is 8.38. The van der Waals surface area contributed by atoms with Crippen LogP contribution in [-0.4, -0.2) is 11.3 Å². The minimum Gasteiger partial charge on any atom is -0.381 e. The van der Waals surface area contributed by atoms with Crippen molar-refractivity contribution in [3.05, 3.63) is 24.3 Å². The highest BCUT2D eigenvalue weighted by Gasteiger charge is 2.27. The molecule has 2 fully saturated rings. The van der Waals surface area contributed by atoms with Crippen molar-refractivity contribution in [1.29, 1.82) is 0 Å². The average Bonchev–Trinajstić information content (AvgIpc) is 2.99. The normalized spacial score (nSPS) is 30.5. The molecule has 0 saturated heterocycles. The Kier molecular flexibility index (Phi) is 5.15. The van der Waals surface area contributed by atoms with Gasteiger partial charge in [0.25, 0.3) is 0 Å². The molecule has 0 spiro atoms. The summed E-state index contributed by atoms with van der Waals surface area (Å²) >= 11 is 2.11. The first-order valence-electron chi connectivity index (χ1n) is 8.76. The lowest BCUT2D eigenvalue weighted by Crippen LogP contribution is -2.35. The molecule has 2 aliphatic carbocycles. The Morgan fingerprint density at radius 3 is 2.52 bits per heavy atom. The lowest BCUT2D eigenvalue weighted by molar-refractivity contribution is 0.253. The predicted octanol–water partition coefficient (Wildman–Crippen LogP) is 5.96. The van der Waals surface area contributed by atoms with Crippen LogP contribution in [0.1, 0.15) is 58.8 Å². The predicted molar refractivity (Wildman–Crippen MR) is 94.1 cm³/mol. The summed E-state index contributed by atoms with van der Waals surface area (Å²) in [6, 6.07) is 9.61. The molecule has 3 rings (SSSR count). The van der Waals surface area contributed by atoms with Crippen LogP contribution in [0.4, 0.5) is 5.69 Å². The number of hydrogen-bond acceptors (Lipinski definition) is 2. The van der Waals surface area contributed by atoms with Gasteiger partial charge in [0.2, 0.25) is 0 Å². The van der Waals surface area contributed by atoms with E-state index in [9.17, 15) is 0 Å². The molecule has 0 aliphatic heterocycles. The van der Waals surface area contributed by atoms with E-state index in [1.54, 1.807) is 0 Å². The highest BCUT2D eigenvalue weighted by Crippen LogP contribution is 2.39.